The first-order valence-corrected chi connectivity index (χ1v) is 3.40. The first-order valence-electron chi connectivity index (χ1n) is 0.378. The molecule has 0 heterocycles. The Bertz CT molecular complexity index is 6.00. The van der Waals surface area contributed by atoms with E-state index in [1.807, 2.05) is 0 Å². The Balaban J connectivity index is -0.00000000500. The summed E-state index contributed by atoms with van der Waals surface area (Å²) in [5.41, 5.74) is 0. The van der Waals surface area contributed by atoms with Crippen molar-refractivity contribution in [3.63, 3.8) is 0 Å². The molecule has 0 spiro atoms. The van der Waals surface area contributed by atoms with E-state index in [2.05, 4.69) is 0 Å². The third-order valence-electron chi connectivity index (χ3n) is 0. The van der Waals surface area contributed by atoms with Crippen LogP contribution in [0.3, 0.4) is 0 Å². The maximum Gasteiger partial charge on any atom is 0.109 e. The largest absolute Gasteiger partial charge is 0.412 e. The summed E-state index contributed by atoms with van der Waals surface area (Å²) in [4.78, 5) is 0. The van der Waals surface area contributed by atoms with E-state index in [1.165, 1.54) is 0 Å². The minimum absolute atomic E-state index is 0. The lowest BCUT2D eigenvalue weighted by Gasteiger charge is -1.05. The standard InChI is InChI=1S/ClH3Si.2H2O/c1-2;;/h2H3;2*1H2. The number of hydrogen-bond donors (Lipinski definition) is 0. The van der Waals surface area contributed by atoms with Gasteiger partial charge in [-0.3, -0.25) is 0 Å². The van der Waals surface area contributed by atoms with E-state index in [0.717, 1.165) is 9.55 Å². The van der Waals surface area contributed by atoms with Gasteiger partial charge in [-0.25, -0.2) is 0 Å². The number of hydrogen-bond acceptors (Lipinski definition) is 0. The Morgan fingerprint density at radius 2 is 1.00 bits per heavy atom. The quantitative estimate of drug-likeness (QED) is 0.248. The van der Waals surface area contributed by atoms with Gasteiger partial charge < -0.3 is 11.0 Å². The van der Waals surface area contributed by atoms with Crippen LogP contribution in [0.15, 0.2) is 0 Å². The molecule has 0 saturated heterocycles. The zero-order valence-corrected chi connectivity index (χ0v) is 5.13. The number of rotatable bonds is 0. The lowest BCUT2D eigenvalue weighted by atomic mass is 16.0. The summed E-state index contributed by atoms with van der Waals surface area (Å²) in [6.07, 6.45) is 0. The van der Waals surface area contributed by atoms with Crippen molar-refractivity contribution in [3.05, 3.63) is 0 Å². The molecule has 0 aromatic rings. The molecule has 2 nitrogen and oxygen atoms in total. The van der Waals surface area contributed by atoms with E-state index < -0.39 is 0 Å². The van der Waals surface area contributed by atoms with Gasteiger partial charge >= 0.3 is 0 Å². The maximum atomic E-state index is 4.78. The molecule has 0 saturated carbocycles. The van der Waals surface area contributed by atoms with Crippen molar-refractivity contribution in [1.82, 2.24) is 0 Å². The Hall–Kier alpha value is 0.427. The molecule has 0 aliphatic heterocycles. The van der Waals surface area contributed by atoms with E-state index in [1.54, 1.807) is 0 Å². The minimum atomic E-state index is 0. The fourth-order valence-electron chi connectivity index (χ4n) is 0. The van der Waals surface area contributed by atoms with Crippen molar-refractivity contribution in [2.45, 2.75) is 0 Å². The zero-order chi connectivity index (χ0) is 2.00. The Labute approximate surface area is 32.5 Å². The summed E-state index contributed by atoms with van der Waals surface area (Å²) in [5, 5.41) is 0. The van der Waals surface area contributed by atoms with Gasteiger partial charge in [0.15, 0.2) is 0 Å². The molecule has 0 rings (SSSR count). The van der Waals surface area contributed by atoms with Crippen LogP contribution in [-0.2, 0) is 0 Å². The highest BCUT2D eigenvalue weighted by Crippen LogP contribution is 1.29. The average molecular weight is 103 g/mol. The van der Waals surface area contributed by atoms with Gasteiger partial charge in [-0.15, -0.1) is 0 Å². The summed E-state index contributed by atoms with van der Waals surface area (Å²) in [5.74, 6) is 0. The SMILES string of the molecule is O.O.[SiH3]Cl. The molecule has 0 unspecified atom stereocenters. The highest BCUT2D eigenvalue weighted by Gasteiger charge is 0.975. The molecule has 0 aliphatic rings. The molecule has 4 heavy (non-hydrogen) atoms. The van der Waals surface area contributed by atoms with Crippen LogP contribution >= 0.6 is 11.1 Å². The first-order chi connectivity index (χ1) is 1.00. The normalized spacial score (nSPS) is 2.25. The summed E-state index contributed by atoms with van der Waals surface area (Å²) < 4.78 is 0. The summed E-state index contributed by atoms with van der Waals surface area (Å²) in [6, 6.07) is 0. The Morgan fingerprint density at radius 1 is 1.00 bits per heavy atom. The van der Waals surface area contributed by atoms with Crippen LogP contribution in [0.5, 0.6) is 0 Å². The van der Waals surface area contributed by atoms with E-state index >= 15 is 0 Å². The van der Waals surface area contributed by atoms with Crippen LogP contribution < -0.4 is 0 Å². The molecule has 0 amide bonds. The monoisotopic (exact) mass is 102 g/mol. The van der Waals surface area contributed by atoms with Gasteiger partial charge in [0.2, 0.25) is 0 Å². The van der Waals surface area contributed by atoms with Crippen LogP contribution in [-0.4, -0.2) is 20.5 Å². The molecule has 0 fully saturated rings. The van der Waals surface area contributed by atoms with E-state index in [0.29, 0.717) is 0 Å². The second-order valence-corrected chi connectivity index (χ2v) is 0. The predicted octanol–water partition coefficient (Wildman–Crippen LogP) is -2.14. The fraction of sp³-hybridized carbons (Fsp3) is 0. The molecule has 0 aromatic carbocycles. The van der Waals surface area contributed by atoms with Crippen molar-refractivity contribution in [1.29, 1.82) is 0 Å². The van der Waals surface area contributed by atoms with Gasteiger partial charge in [0.25, 0.3) is 0 Å². The fourth-order valence-corrected chi connectivity index (χ4v) is 0. The van der Waals surface area contributed by atoms with Crippen LogP contribution in [0, 0.1) is 0 Å². The van der Waals surface area contributed by atoms with Crippen LogP contribution in [0.2, 0.25) is 0 Å². The van der Waals surface area contributed by atoms with Crippen molar-refractivity contribution in [2.75, 3.05) is 0 Å². The molecule has 0 atom stereocenters. The lowest BCUT2D eigenvalue weighted by Crippen LogP contribution is -0.980. The molecule has 30 valence electrons. The molecule has 0 radical (unpaired) electrons. The predicted molar refractivity (Wildman–Crippen MR) is 23.0 cm³/mol. The summed E-state index contributed by atoms with van der Waals surface area (Å²) in [6.45, 7) is 0. The van der Waals surface area contributed by atoms with E-state index in [-0.39, 0.29) is 11.0 Å². The van der Waals surface area contributed by atoms with Gasteiger partial charge in [-0.1, -0.05) is 0 Å². The van der Waals surface area contributed by atoms with Gasteiger partial charge in [0.05, 0.1) is 0 Å². The molecule has 4 heteroatoms. The van der Waals surface area contributed by atoms with Gasteiger partial charge in [-0.2, -0.15) is 11.1 Å². The first kappa shape index (κ1) is 25.5. The second-order valence-electron chi connectivity index (χ2n) is 0. The Morgan fingerprint density at radius 3 is 1.00 bits per heavy atom. The maximum absolute atomic E-state index is 4.78. The van der Waals surface area contributed by atoms with Gasteiger partial charge in [0, 0.05) is 0 Å². The third-order valence-corrected chi connectivity index (χ3v) is 0. The van der Waals surface area contributed by atoms with Crippen molar-refractivity contribution in [2.24, 2.45) is 0 Å². The Kier molecular flexibility index (Phi) is 707. The van der Waals surface area contributed by atoms with E-state index in [4.69, 9.17) is 11.1 Å². The molecule has 0 aliphatic carbocycles. The molecule has 4 N–H and O–H groups in total. The topological polar surface area (TPSA) is 63.0 Å². The van der Waals surface area contributed by atoms with Crippen molar-refractivity contribution >= 4 is 20.6 Å². The van der Waals surface area contributed by atoms with Crippen molar-refractivity contribution in [3.8, 4) is 0 Å². The molecule has 0 aromatic heterocycles. The van der Waals surface area contributed by atoms with Gasteiger partial charge in [0.1, 0.15) is 9.55 Å². The zero-order valence-electron chi connectivity index (χ0n) is 2.38. The lowest BCUT2D eigenvalue weighted by molar-refractivity contribution is 0.823. The second kappa shape index (κ2) is 111. The highest BCUT2D eigenvalue weighted by atomic mass is 35.6. The van der Waals surface area contributed by atoms with Crippen LogP contribution in [0.1, 0.15) is 0 Å². The summed E-state index contributed by atoms with van der Waals surface area (Å²) in [7, 11) is 0.778. The van der Waals surface area contributed by atoms with Gasteiger partial charge in [-0.05, 0) is 0 Å². The highest BCUT2D eigenvalue weighted by molar-refractivity contribution is 6.80. The summed E-state index contributed by atoms with van der Waals surface area (Å²) >= 11 is 4.78. The third kappa shape index (κ3) is 27.1. The van der Waals surface area contributed by atoms with Crippen molar-refractivity contribution < 1.29 is 11.0 Å². The number of halogens is 1. The molecule has 0 bridgehead atoms. The minimum Gasteiger partial charge on any atom is -0.412 e. The molecular formula is H7ClO2Si. The van der Waals surface area contributed by atoms with Crippen LogP contribution in [0.25, 0.3) is 0 Å². The average Bonchev–Trinajstić information content (AvgIpc) is 1.00. The van der Waals surface area contributed by atoms with E-state index in [9.17, 15) is 0 Å². The van der Waals surface area contributed by atoms with Crippen LogP contribution in [0.4, 0.5) is 0 Å². The molecular weight excluding hydrogens is 95.5 g/mol. The smallest absolute Gasteiger partial charge is 0.109 e.